The number of aromatic nitrogens is 1. The molecule has 0 bridgehead atoms. The molecular weight excluding hydrogens is 428 g/mol. The molecule has 0 N–H and O–H groups in total. The maximum absolute atomic E-state index is 13.0. The van der Waals surface area contributed by atoms with Gasteiger partial charge in [-0.25, -0.2) is 9.78 Å². The van der Waals surface area contributed by atoms with Gasteiger partial charge in [0, 0.05) is 30.7 Å². The summed E-state index contributed by atoms with van der Waals surface area (Å²) < 4.78 is 5.58. The number of nitrogens with zero attached hydrogens (tertiary/aromatic N) is 6. The molecule has 2 aliphatic heterocycles. The van der Waals surface area contributed by atoms with Gasteiger partial charge in [-0.2, -0.15) is 10.5 Å². The van der Waals surface area contributed by atoms with Crippen LogP contribution in [-0.2, 0) is 9.53 Å². The van der Waals surface area contributed by atoms with E-state index in [1.807, 2.05) is 11.0 Å². The smallest absolute Gasteiger partial charge is 0.411 e. The lowest BCUT2D eigenvalue weighted by Crippen LogP contribution is -2.52. The van der Waals surface area contributed by atoms with Crippen molar-refractivity contribution in [2.45, 2.75) is 45.3 Å². The molecule has 3 heterocycles. The van der Waals surface area contributed by atoms with Crippen molar-refractivity contribution in [1.82, 2.24) is 14.8 Å². The largest absolute Gasteiger partial charge is 0.444 e. The summed E-state index contributed by atoms with van der Waals surface area (Å²) in [7, 11) is 0. The third-order valence-electron chi connectivity index (χ3n) is 5.15. The van der Waals surface area contributed by atoms with E-state index in [0.717, 1.165) is 0 Å². The first kappa shape index (κ1) is 23.4. The molecule has 2 aliphatic rings. The summed E-state index contributed by atoms with van der Waals surface area (Å²) in [6.45, 7) is 6.37. The van der Waals surface area contributed by atoms with E-state index in [2.05, 4.69) is 11.1 Å². The van der Waals surface area contributed by atoms with Crippen LogP contribution in [0.1, 0.15) is 39.2 Å². The first-order valence-corrected chi connectivity index (χ1v) is 11.4. The van der Waals surface area contributed by atoms with Gasteiger partial charge >= 0.3 is 6.09 Å². The van der Waals surface area contributed by atoms with Crippen LogP contribution in [0.15, 0.2) is 29.4 Å². The number of carbonyl (C=O) groups is 2. The molecule has 0 aliphatic carbocycles. The van der Waals surface area contributed by atoms with Gasteiger partial charge in [0.1, 0.15) is 35.8 Å². The van der Waals surface area contributed by atoms with Gasteiger partial charge < -0.3 is 9.64 Å². The zero-order chi connectivity index (χ0) is 23.3. The maximum atomic E-state index is 13.0. The molecule has 0 unspecified atom stereocenters. The van der Waals surface area contributed by atoms with Crippen LogP contribution in [0.4, 0.5) is 10.6 Å². The third-order valence-corrected chi connectivity index (χ3v) is 5.95. The van der Waals surface area contributed by atoms with Crippen molar-refractivity contribution in [2.24, 2.45) is 0 Å². The molecule has 168 valence electrons. The van der Waals surface area contributed by atoms with Crippen LogP contribution in [0.25, 0.3) is 0 Å². The van der Waals surface area contributed by atoms with Gasteiger partial charge in [-0.1, -0.05) is 0 Å². The normalized spacial score (nSPS) is 16.7. The number of pyridine rings is 1. The fourth-order valence-corrected chi connectivity index (χ4v) is 4.48. The summed E-state index contributed by atoms with van der Waals surface area (Å²) in [6, 6.07) is 7.44. The van der Waals surface area contributed by atoms with Crippen LogP contribution in [0.5, 0.6) is 0 Å². The zero-order valence-electron chi connectivity index (χ0n) is 18.4. The minimum atomic E-state index is -0.698. The Kier molecular flexibility index (Phi) is 7.26. The van der Waals surface area contributed by atoms with Gasteiger partial charge in [-0.3, -0.25) is 14.6 Å². The number of piperidine rings is 1. The third kappa shape index (κ3) is 5.51. The van der Waals surface area contributed by atoms with Crippen LogP contribution in [0.3, 0.4) is 0 Å². The molecule has 10 heteroatoms. The van der Waals surface area contributed by atoms with E-state index in [9.17, 15) is 20.1 Å². The Bertz CT molecular complexity index is 983. The number of anilines is 1. The fraction of sp³-hybridized carbons (Fsp3) is 0.500. The van der Waals surface area contributed by atoms with E-state index in [4.69, 9.17) is 4.74 Å². The van der Waals surface area contributed by atoms with E-state index in [1.165, 1.54) is 21.6 Å². The molecule has 2 amide bonds. The average molecular weight is 455 g/mol. The Balaban J connectivity index is 1.73. The molecule has 3 rings (SSSR count). The number of ether oxygens (including phenoxy) is 1. The maximum Gasteiger partial charge on any atom is 0.411 e. The monoisotopic (exact) mass is 454 g/mol. The van der Waals surface area contributed by atoms with Crippen molar-refractivity contribution in [2.75, 3.05) is 30.4 Å². The second-order valence-electron chi connectivity index (χ2n) is 8.55. The number of amides is 2. The zero-order valence-corrected chi connectivity index (χ0v) is 19.3. The van der Waals surface area contributed by atoms with Crippen molar-refractivity contribution in [3.63, 3.8) is 0 Å². The highest BCUT2D eigenvalue weighted by molar-refractivity contribution is 8.02. The first-order valence-electron chi connectivity index (χ1n) is 10.4. The van der Waals surface area contributed by atoms with Crippen molar-refractivity contribution in [1.29, 1.82) is 10.5 Å². The van der Waals surface area contributed by atoms with Crippen LogP contribution < -0.4 is 4.90 Å². The molecule has 0 aromatic carbocycles. The Hall–Kier alpha value is -3.24. The highest BCUT2D eigenvalue weighted by Gasteiger charge is 2.35. The van der Waals surface area contributed by atoms with Gasteiger partial charge in [0.05, 0.1) is 11.4 Å². The summed E-state index contributed by atoms with van der Waals surface area (Å²) in [5, 5.41) is 20.2. The minimum Gasteiger partial charge on any atom is -0.444 e. The molecule has 9 nitrogen and oxygen atoms in total. The second-order valence-corrected chi connectivity index (χ2v) is 9.37. The molecule has 1 saturated heterocycles. The lowest BCUT2D eigenvalue weighted by molar-refractivity contribution is -0.130. The molecule has 0 atom stereocenters. The molecule has 0 radical (unpaired) electrons. The number of nitriles is 2. The predicted octanol–water partition coefficient (Wildman–Crippen LogP) is 3.06. The quantitative estimate of drug-likeness (QED) is 0.682. The standard InChI is InChI=1S/C22H26N6O3S/c1-22(2,3)31-21(30)27(13-19(29)28-15-32-14-18(28)12-24)17-6-9-26(10-7-17)20-16(11-23)5-4-8-25-20/h4-5,8,14,17H,6-7,9-10,13,15H2,1-3H3. The molecular formula is C22H26N6O3S. The number of allylic oxidation sites excluding steroid dienone is 1. The molecule has 1 aromatic heterocycles. The first-order chi connectivity index (χ1) is 15.2. The SMILES string of the molecule is CC(C)(C)OC(=O)N(CC(=O)N1CSC=C1C#N)C1CCN(c2ncccc2C#N)CC1. The Morgan fingerprint density at radius 2 is 2.00 bits per heavy atom. The van der Waals surface area contributed by atoms with Crippen LogP contribution >= 0.6 is 11.8 Å². The molecule has 1 fully saturated rings. The van der Waals surface area contributed by atoms with Gasteiger partial charge in [-0.15, -0.1) is 11.8 Å². The van der Waals surface area contributed by atoms with Crippen molar-refractivity contribution in [3.8, 4) is 12.1 Å². The van der Waals surface area contributed by atoms with Gasteiger partial charge in [0.15, 0.2) is 0 Å². The molecule has 1 aromatic rings. The van der Waals surface area contributed by atoms with E-state index in [1.54, 1.807) is 44.5 Å². The predicted molar refractivity (Wildman–Crippen MR) is 120 cm³/mol. The van der Waals surface area contributed by atoms with Crippen LogP contribution in [0, 0.1) is 22.7 Å². The van der Waals surface area contributed by atoms with Gasteiger partial charge in [0.25, 0.3) is 0 Å². The number of thioether (sulfide) groups is 1. The van der Waals surface area contributed by atoms with Crippen LogP contribution in [-0.4, -0.2) is 63.9 Å². The van der Waals surface area contributed by atoms with Crippen molar-refractivity contribution < 1.29 is 14.3 Å². The lowest BCUT2D eigenvalue weighted by atomic mass is 10.0. The number of hydrogen-bond acceptors (Lipinski definition) is 8. The summed E-state index contributed by atoms with van der Waals surface area (Å²) in [6.07, 6.45) is 2.31. The van der Waals surface area contributed by atoms with E-state index in [0.29, 0.717) is 43.2 Å². The Morgan fingerprint density at radius 3 is 2.62 bits per heavy atom. The minimum absolute atomic E-state index is 0.161. The average Bonchev–Trinajstić information content (AvgIpc) is 3.25. The number of hydrogen-bond donors (Lipinski definition) is 0. The summed E-state index contributed by atoms with van der Waals surface area (Å²) >= 11 is 1.37. The van der Waals surface area contributed by atoms with Crippen LogP contribution in [0.2, 0.25) is 0 Å². The van der Waals surface area contributed by atoms with Crippen molar-refractivity contribution >= 4 is 29.6 Å². The molecule has 32 heavy (non-hydrogen) atoms. The summed E-state index contributed by atoms with van der Waals surface area (Å²) in [5.41, 5.74) is 0.0984. The highest BCUT2D eigenvalue weighted by atomic mass is 32.2. The fourth-order valence-electron chi connectivity index (χ4n) is 3.64. The summed E-state index contributed by atoms with van der Waals surface area (Å²) in [5.74, 6) is 0.678. The number of carbonyl (C=O) groups excluding carboxylic acids is 2. The molecule has 0 spiro atoms. The summed E-state index contributed by atoms with van der Waals surface area (Å²) in [4.78, 5) is 35.2. The topological polar surface area (TPSA) is 114 Å². The van der Waals surface area contributed by atoms with E-state index >= 15 is 0 Å². The lowest BCUT2D eigenvalue weighted by Gasteiger charge is -2.39. The second kappa shape index (κ2) is 9.92. The number of rotatable bonds is 4. The molecule has 0 saturated carbocycles. The van der Waals surface area contributed by atoms with E-state index < -0.39 is 11.7 Å². The Labute approximate surface area is 192 Å². The van der Waals surface area contributed by atoms with E-state index in [-0.39, 0.29) is 24.2 Å². The van der Waals surface area contributed by atoms with Crippen molar-refractivity contribution in [3.05, 3.63) is 35.0 Å². The van der Waals surface area contributed by atoms with Gasteiger partial charge in [0.2, 0.25) is 5.91 Å². The Morgan fingerprint density at radius 1 is 1.28 bits per heavy atom. The van der Waals surface area contributed by atoms with Gasteiger partial charge in [-0.05, 0) is 45.7 Å². The highest BCUT2D eigenvalue weighted by Crippen LogP contribution is 2.27.